The number of hydrogen-bond donors (Lipinski definition) is 1. The van der Waals surface area contributed by atoms with Crippen LogP contribution in [0.2, 0.25) is 0 Å². The first-order chi connectivity index (χ1) is 14.4. The van der Waals surface area contributed by atoms with Crippen molar-refractivity contribution in [2.24, 2.45) is 5.73 Å². The smallest absolute Gasteiger partial charge is 0.282 e. The molecular weight excluding hydrogens is 407 g/mol. The average molecular weight is 431 g/mol. The quantitative estimate of drug-likeness (QED) is 0.450. The van der Waals surface area contributed by atoms with Gasteiger partial charge in [-0.15, -0.1) is 0 Å². The van der Waals surface area contributed by atoms with Crippen LogP contribution in [0, 0.1) is 5.82 Å². The lowest BCUT2D eigenvalue weighted by molar-refractivity contribution is -0.118. The van der Waals surface area contributed by atoms with Gasteiger partial charge in [0.15, 0.2) is 11.6 Å². The van der Waals surface area contributed by atoms with E-state index in [1.165, 1.54) is 18.3 Å². The number of aromatic nitrogens is 1. The van der Waals surface area contributed by atoms with Gasteiger partial charge in [-0.2, -0.15) is 0 Å². The zero-order valence-corrected chi connectivity index (χ0v) is 17.6. The number of amides is 1. The van der Waals surface area contributed by atoms with Crippen molar-refractivity contribution in [2.45, 2.75) is 32.6 Å². The molecule has 158 valence electrons. The van der Waals surface area contributed by atoms with E-state index >= 15 is 0 Å². The molecule has 0 aliphatic heterocycles. The third kappa shape index (κ3) is 5.93. The fourth-order valence-corrected chi connectivity index (χ4v) is 3.36. The van der Waals surface area contributed by atoms with Crippen molar-refractivity contribution in [3.63, 3.8) is 0 Å². The average Bonchev–Trinajstić information content (AvgIpc) is 3.15. The number of carbonyl (C=O) groups is 1. The van der Waals surface area contributed by atoms with E-state index in [2.05, 4.69) is 4.98 Å². The summed E-state index contributed by atoms with van der Waals surface area (Å²) >= 11 is 1.15. The van der Waals surface area contributed by atoms with Crippen molar-refractivity contribution < 1.29 is 23.4 Å². The molecule has 0 radical (unpaired) electrons. The standard InChI is InChI=1S/C22H23FN2O4S/c1-3-10-27-17-8-9-19(18(23)12-17)29-22-25-13-21(30-22)28-16-6-4-15(5-7-16)14(2)11-20(24)26/h4-9,12-14H,3,10-11H2,1-2H3,(H2,24,26). The lowest BCUT2D eigenvalue weighted by Gasteiger charge is -2.10. The normalized spacial score (nSPS) is 11.7. The molecule has 0 fully saturated rings. The molecule has 1 amide bonds. The summed E-state index contributed by atoms with van der Waals surface area (Å²) in [5.41, 5.74) is 6.24. The van der Waals surface area contributed by atoms with Gasteiger partial charge in [0, 0.05) is 12.5 Å². The van der Waals surface area contributed by atoms with Crippen LogP contribution in [0.4, 0.5) is 4.39 Å². The number of halogens is 1. The molecule has 3 aromatic rings. The number of primary amides is 1. The lowest BCUT2D eigenvalue weighted by Crippen LogP contribution is -2.13. The van der Waals surface area contributed by atoms with E-state index in [4.69, 9.17) is 19.9 Å². The summed E-state index contributed by atoms with van der Waals surface area (Å²) in [4.78, 5) is 15.2. The summed E-state index contributed by atoms with van der Waals surface area (Å²) in [7, 11) is 0. The van der Waals surface area contributed by atoms with Crippen molar-refractivity contribution in [2.75, 3.05) is 6.61 Å². The number of rotatable bonds is 10. The Labute approximate surface area is 178 Å². The zero-order chi connectivity index (χ0) is 21.5. The van der Waals surface area contributed by atoms with Crippen LogP contribution >= 0.6 is 11.3 Å². The van der Waals surface area contributed by atoms with Gasteiger partial charge in [-0.1, -0.05) is 26.0 Å². The maximum atomic E-state index is 14.2. The van der Waals surface area contributed by atoms with Gasteiger partial charge in [0.25, 0.3) is 5.19 Å². The summed E-state index contributed by atoms with van der Waals surface area (Å²) in [6.07, 6.45) is 2.65. The molecule has 0 aliphatic rings. The molecule has 30 heavy (non-hydrogen) atoms. The van der Waals surface area contributed by atoms with Crippen molar-refractivity contribution in [3.8, 4) is 27.5 Å². The molecule has 1 atom stereocenters. The maximum Gasteiger partial charge on any atom is 0.282 e. The van der Waals surface area contributed by atoms with E-state index in [9.17, 15) is 9.18 Å². The number of ether oxygens (including phenoxy) is 3. The molecule has 0 bridgehead atoms. The molecule has 0 saturated carbocycles. The van der Waals surface area contributed by atoms with E-state index in [0.717, 1.165) is 23.3 Å². The molecule has 3 rings (SSSR count). The van der Waals surface area contributed by atoms with Crippen LogP contribution in [0.15, 0.2) is 48.7 Å². The highest BCUT2D eigenvalue weighted by molar-refractivity contribution is 7.15. The Kier molecular flexibility index (Phi) is 7.24. The Hall–Kier alpha value is -3.13. The molecule has 6 nitrogen and oxygen atoms in total. The van der Waals surface area contributed by atoms with Crippen molar-refractivity contribution >= 4 is 17.2 Å². The molecule has 2 aromatic carbocycles. The second-order valence-electron chi connectivity index (χ2n) is 6.73. The van der Waals surface area contributed by atoms with E-state index in [1.807, 2.05) is 38.1 Å². The topological polar surface area (TPSA) is 83.7 Å². The van der Waals surface area contributed by atoms with Crippen LogP contribution < -0.4 is 19.9 Å². The minimum atomic E-state index is -0.526. The van der Waals surface area contributed by atoms with Crippen molar-refractivity contribution in [3.05, 3.63) is 60.0 Å². The van der Waals surface area contributed by atoms with Gasteiger partial charge in [-0.25, -0.2) is 9.37 Å². The van der Waals surface area contributed by atoms with E-state index in [0.29, 0.717) is 23.2 Å². The highest BCUT2D eigenvalue weighted by Gasteiger charge is 2.12. The molecule has 1 unspecified atom stereocenters. The molecule has 8 heteroatoms. The monoisotopic (exact) mass is 430 g/mol. The number of nitrogens with zero attached hydrogens (tertiary/aromatic N) is 1. The van der Waals surface area contributed by atoms with Crippen LogP contribution in [-0.2, 0) is 4.79 Å². The minimum Gasteiger partial charge on any atom is -0.493 e. The molecule has 0 aliphatic carbocycles. The molecular formula is C22H23FN2O4S. The zero-order valence-electron chi connectivity index (χ0n) is 16.8. The summed E-state index contributed by atoms with van der Waals surface area (Å²) in [5.74, 6) is 0.310. The van der Waals surface area contributed by atoms with Crippen molar-refractivity contribution in [1.29, 1.82) is 0 Å². The molecule has 0 saturated heterocycles. The van der Waals surface area contributed by atoms with Gasteiger partial charge in [0.05, 0.1) is 12.8 Å². The molecule has 2 N–H and O–H groups in total. The van der Waals surface area contributed by atoms with Gasteiger partial charge >= 0.3 is 0 Å². The second-order valence-corrected chi connectivity index (χ2v) is 7.69. The fraction of sp³-hybridized carbons (Fsp3) is 0.273. The SMILES string of the molecule is CCCOc1ccc(Oc2ncc(Oc3ccc(C(C)CC(N)=O)cc3)s2)c(F)c1. The van der Waals surface area contributed by atoms with Crippen LogP contribution in [-0.4, -0.2) is 17.5 Å². The Morgan fingerprint density at radius 2 is 1.90 bits per heavy atom. The molecule has 0 spiro atoms. The number of carbonyl (C=O) groups excluding carboxylic acids is 1. The van der Waals surface area contributed by atoms with Crippen LogP contribution in [0.1, 0.15) is 38.2 Å². The first-order valence-electron chi connectivity index (χ1n) is 9.56. The summed E-state index contributed by atoms with van der Waals surface area (Å²) in [6, 6.07) is 11.8. The van der Waals surface area contributed by atoms with Crippen molar-refractivity contribution in [1.82, 2.24) is 4.98 Å². The van der Waals surface area contributed by atoms with Gasteiger partial charge in [-0.05, 0) is 53.5 Å². The number of benzene rings is 2. The van der Waals surface area contributed by atoms with Gasteiger partial charge < -0.3 is 19.9 Å². The first kappa shape index (κ1) is 21.6. The van der Waals surface area contributed by atoms with Gasteiger partial charge in [-0.3, -0.25) is 4.79 Å². The van der Waals surface area contributed by atoms with E-state index < -0.39 is 5.82 Å². The van der Waals surface area contributed by atoms with Crippen LogP contribution in [0.25, 0.3) is 0 Å². The fourth-order valence-electron chi connectivity index (χ4n) is 2.71. The number of hydrogen-bond acceptors (Lipinski definition) is 6. The van der Waals surface area contributed by atoms with Crippen LogP contribution in [0.3, 0.4) is 0 Å². The maximum absolute atomic E-state index is 14.2. The minimum absolute atomic E-state index is 0.0358. The number of thiazole rings is 1. The Morgan fingerprint density at radius 1 is 1.17 bits per heavy atom. The Bertz CT molecular complexity index is 991. The second kappa shape index (κ2) is 10.1. The predicted molar refractivity (Wildman–Crippen MR) is 113 cm³/mol. The largest absolute Gasteiger partial charge is 0.493 e. The summed E-state index contributed by atoms with van der Waals surface area (Å²) in [6.45, 7) is 4.45. The van der Waals surface area contributed by atoms with Crippen LogP contribution in [0.5, 0.6) is 27.5 Å². The molecule has 1 aromatic heterocycles. The lowest BCUT2D eigenvalue weighted by atomic mass is 9.97. The number of nitrogens with two attached hydrogens (primary N) is 1. The highest BCUT2D eigenvalue weighted by atomic mass is 32.1. The Balaban J connectivity index is 1.61. The van der Waals surface area contributed by atoms with Gasteiger partial charge in [0.2, 0.25) is 11.0 Å². The highest BCUT2D eigenvalue weighted by Crippen LogP contribution is 2.36. The third-order valence-corrected chi connectivity index (χ3v) is 4.96. The predicted octanol–water partition coefficient (Wildman–Crippen LogP) is 5.63. The molecule has 1 heterocycles. The summed E-state index contributed by atoms with van der Waals surface area (Å²) < 4.78 is 30.9. The first-order valence-corrected chi connectivity index (χ1v) is 10.4. The third-order valence-electron chi connectivity index (χ3n) is 4.21. The van der Waals surface area contributed by atoms with E-state index in [-0.39, 0.29) is 29.2 Å². The van der Waals surface area contributed by atoms with E-state index in [1.54, 1.807) is 6.07 Å². The van der Waals surface area contributed by atoms with Gasteiger partial charge in [0.1, 0.15) is 11.5 Å². The summed E-state index contributed by atoms with van der Waals surface area (Å²) in [5, 5.41) is 0.768. The Morgan fingerprint density at radius 3 is 2.57 bits per heavy atom.